The van der Waals surface area contributed by atoms with Gasteiger partial charge < -0.3 is 4.90 Å². The van der Waals surface area contributed by atoms with Crippen molar-refractivity contribution in [3.8, 4) is 5.69 Å². The molecule has 0 amide bonds. The summed E-state index contributed by atoms with van der Waals surface area (Å²) in [6, 6.07) is 19.3. The van der Waals surface area contributed by atoms with Gasteiger partial charge in [0, 0.05) is 50.8 Å². The van der Waals surface area contributed by atoms with Gasteiger partial charge in [-0.1, -0.05) is 30.3 Å². The van der Waals surface area contributed by atoms with E-state index in [4.69, 9.17) is 0 Å². The maximum Gasteiger partial charge on any atom is 0.0645 e. The lowest BCUT2D eigenvalue weighted by molar-refractivity contribution is 0.250. The smallest absolute Gasteiger partial charge is 0.0645 e. The number of nitrogens with zero attached hydrogens (tertiary/aromatic N) is 4. The fourth-order valence-corrected chi connectivity index (χ4v) is 3.50. The predicted octanol–water partition coefficient (Wildman–Crippen LogP) is 3.50. The Morgan fingerprint density at radius 1 is 0.880 bits per heavy atom. The lowest BCUT2D eigenvalue weighted by atomic mass is 10.1. The van der Waals surface area contributed by atoms with Gasteiger partial charge in [-0.2, -0.15) is 5.10 Å². The fourth-order valence-electron chi connectivity index (χ4n) is 3.50. The predicted molar refractivity (Wildman–Crippen MR) is 102 cm³/mol. The van der Waals surface area contributed by atoms with Crippen molar-refractivity contribution in [3.63, 3.8) is 0 Å². The standard InChI is InChI=1S/C21H24N4/c1-18-5-2-3-6-21(18)24-15-13-23(14-16-24)17-19-7-9-20(10-8-19)25-12-4-11-22-25/h2-12H,13-17H2,1H3. The first kappa shape index (κ1) is 15.9. The first-order chi connectivity index (χ1) is 12.3. The molecule has 1 aliphatic rings. The highest BCUT2D eigenvalue weighted by Gasteiger charge is 2.18. The van der Waals surface area contributed by atoms with Crippen LogP contribution >= 0.6 is 0 Å². The Morgan fingerprint density at radius 2 is 1.64 bits per heavy atom. The number of aryl methyl sites for hydroxylation is 1. The van der Waals surface area contributed by atoms with Gasteiger partial charge in [-0.05, 0) is 42.3 Å². The van der Waals surface area contributed by atoms with Crippen molar-refractivity contribution < 1.29 is 0 Å². The fraction of sp³-hybridized carbons (Fsp3) is 0.286. The summed E-state index contributed by atoms with van der Waals surface area (Å²) in [4.78, 5) is 5.05. The number of aromatic nitrogens is 2. The van der Waals surface area contributed by atoms with Gasteiger partial charge in [0.05, 0.1) is 5.69 Å². The average molecular weight is 332 g/mol. The molecule has 0 spiro atoms. The lowest BCUT2D eigenvalue weighted by Crippen LogP contribution is -2.46. The Bertz CT molecular complexity index is 800. The van der Waals surface area contributed by atoms with Crippen LogP contribution in [0.4, 0.5) is 5.69 Å². The van der Waals surface area contributed by atoms with Crippen molar-refractivity contribution in [2.45, 2.75) is 13.5 Å². The molecule has 0 unspecified atom stereocenters. The van der Waals surface area contributed by atoms with E-state index >= 15 is 0 Å². The maximum absolute atomic E-state index is 4.28. The maximum atomic E-state index is 4.28. The molecule has 1 saturated heterocycles. The normalized spacial score (nSPS) is 15.5. The average Bonchev–Trinajstić information content (AvgIpc) is 3.18. The Kier molecular flexibility index (Phi) is 4.53. The van der Waals surface area contributed by atoms with E-state index in [-0.39, 0.29) is 0 Å². The monoisotopic (exact) mass is 332 g/mol. The zero-order valence-corrected chi connectivity index (χ0v) is 14.7. The number of piperazine rings is 1. The third-order valence-electron chi connectivity index (χ3n) is 4.94. The minimum absolute atomic E-state index is 1.01. The van der Waals surface area contributed by atoms with Crippen LogP contribution in [0, 0.1) is 6.92 Å². The van der Waals surface area contributed by atoms with Crippen LogP contribution in [0.25, 0.3) is 5.69 Å². The second-order valence-corrected chi connectivity index (χ2v) is 6.67. The third-order valence-corrected chi connectivity index (χ3v) is 4.94. The molecule has 4 rings (SSSR count). The molecule has 4 nitrogen and oxygen atoms in total. The van der Waals surface area contributed by atoms with Crippen molar-refractivity contribution in [1.29, 1.82) is 0 Å². The molecule has 2 aromatic carbocycles. The first-order valence-electron chi connectivity index (χ1n) is 8.91. The van der Waals surface area contributed by atoms with Crippen LogP contribution in [0.3, 0.4) is 0 Å². The minimum Gasteiger partial charge on any atom is -0.369 e. The first-order valence-corrected chi connectivity index (χ1v) is 8.91. The number of benzene rings is 2. The van der Waals surface area contributed by atoms with Gasteiger partial charge in [0.1, 0.15) is 0 Å². The van der Waals surface area contributed by atoms with E-state index in [0.29, 0.717) is 0 Å². The molecule has 1 fully saturated rings. The summed E-state index contributed by atoms with van der Waals surface area (Å²) in [5.41, 5.74) is 5.22. The van der Waals surface area contributed by atoms with E-state index in [0.717, 1.165) is 38.4 Å². The molecule has 128 valence electrons. The summed E-state index contributed by atoms with van der Waals surface area (Å²) < 4.78 is 1.89. The van der Waals surface area contributed by atoms with E-state index in [9.17, 15) is 0 Å². The molecule has 4 heteroatoms. The zero-order chi connectivity index (χ0) is 17.1. The van der Waals surface area contributed by atoms with Gasteiger partial charge in [0.15, 0.2) is 0 Å². The number of anilines is 1. The van der Waals surface area contributed by atoms with E-state index < -0.39 is 0 Å². The summed E-state index contributed by atoms with van der Waals surface area (Å²) in [5, 5.41) is 4.28. The molecule has 1 aromatic heterocycles. The van der Waals surface area contributed by atoms with E-state index in [1.54, 1.807) is 0 Å². The van der Waals surface area contributed by atoms with Gasteiger partial charge in [0.25, 0.3) is 0 Å². The largest absolute Gasteiger partial charge is 0.369 e. The molecule has 0 saturated carbocycles. The second-order valence-electron chi connectivity index (χ2n) is 6.67. The molecule has 0 bridgehead atoms. The molecule has 25 heavy (non-hydrogen) atoms. The highest BCUT2D eigenvalue weighted by atomic mass is 15.3. The van der Waals surface area contributed by atoms with Crippen molar-refractivity contribution in [2.75, 3.05) is 31.1 Å². The van der Waals surface area contributed by atoms with Crippen molar-refractivity contribution in [2.24, 2.45) is 0 Å². The number of hydrogen-bond donors (Lipinski definition) is 0. The number of para-hydroxylation sites is 1. The highest BCUT2D eigenvalue weighted by Crippen LogP contribution is 2.21. The third kappa shape index (κ3) is 3.59. The van der Waals surface area contributed by atoms with Crippen molar-refractivity contribution in [1.82, 2.24) is 14.7 Å². The Labute approximate surface area is 149 Å². The van der Waals surface area contributed by atoms with E-state index in [1.165, 1.54) is 16.8 Å². The Balaban J connectivity index is 1.35. The van der Waals surface area contributed by atoms with Gasteiger partial charge in [0.2, 0.25) is 0 Å². The zero-order valence-electron chi connectivity index (χ0n) is 14.7. The molecular formula is C21H24N4. The van der Waals surface area contributed by atoms with E-state index in [2.05, 4.69) is 70.4 Å². The molecule has 0 aliphatic carbocycles. The van der Waals surface area contributed by atoms with Crippen LogP contribution in [0.1, 0.15) is 11.1 Å². The Morgan fingerprint density at radius 3 is 2.32 bits per heavy atom. The van der Waals surface area contributed by atoms with Gasteiger partial charge in [-0.15, -0.1) is 0 Å². The molecule has 0 radical (unpaired) electrons. The van der Waals surface area contributed by atoms with Crippen LogP contribution < -0.4 is 4.90 Å². The molecule has 0 atom stereocenters. The highest BCUT2D eigenvalue weighted by molar-refractivity contribution is 5.53. The minimum atomic E-state index is 1.01. The lowest BCUT2D eigenvalue weighted by Gasteiger charge is -2.36. The van der Waals surface area contributed by atoms with Crippen molar-refractivity contribution >= 4 is 5.69 Å². The van der Waals surface area contributed by atoms with Crippen LogP contribution in [-0.4, -0.2) is 40.9 Å². The summed E-state index contributed by atoms with van der Waals surface area (Å²) >= 11 is 0. The molecule has 2 heterocycles. The van der Waals surface area contributed by atoms with Gasteiger partial charge in [-0.25, -0.2) is 4.68 Å². The van der Waals surface area contributed by atoms with Crippen molar-refractivity contribution in [3.05, 3.63) is 78.1 Å². The SMILES string of the molecule is Cc1ccccc1N1CCN(Cc2ccc(-n3cccn3)cc2)CC1. The van der Waals surface area contributed by atoms with Crippen LogP contribution in [0.2, 0.25) is 0 Å². The topological polar surface area (TPSA) is 24.3 Å². The summed E-state index contributed by atoms with van der Waals surface area (Å²) in [7, 11) is 0. The molecular weight excluding hydrogens is 308 g/mol. The van der Waals surface area contributed by atoms with Gasteiger partial charge in [-0.3, -0.25) is 4.90 Å². The molecule has 0 N–H and O–H groups in total. The number of rotatable bonds is 4. The van der Waals surface area contributed by atoms with Crippen LogP contribution in [0.15, 0.2) is 67.0 Å². The van der Waals surface area contributed by atoms with Crippen LogP contribution in [-0.2, 0) is 6.54 Å². The summed E-state index contributed by atoms with van der Waals surface area (Å²) in [5.74, 6) is 0. The summed E-state index contributed by atoms with van der Waals surface area (Å²) in [6.07, 6.45) is 3.78. The van der Waals surface area contributed by atoms with Gasteiger partial charge >= 0.3 is 0 Å². The molecule has 3 aromatic rings. The molecule has 1 aliphatic heterocycles. The van der Waals surface area contributed by atoms with E-state index in [1.807, 2.05) is 23.1 Å². The number of hydrogen-bond acceptors (Lipinski definition) is 3. The quantitative estimate of drug-likeness (QED) is 0.731. The second kappa shape index (κ2) is 7.11. The van der Waals surface area contributed by atoms with Crippen LogP contribution in [0.5, 0.6) is 0 Å². The Hall–Kier alpha value is -2.59. The summed E-state index contributed by atoms with van der Waals surface area (Å²) in [6.45, 7) is 7.61.